The van der Waals surface area contributed by atoms with E-state index in [-0.39, 0.29) is 0 Å². The molecule has 1 aromatic heterocycles. The van der Waals surface area contributed by atoms with Crippen LogP contribution in [0.4, 0.5) is 8.78 Å². The third-order valence-corrected chi connectivity index (χ3v) is 4.16. The van der Waals surface area contributed by atoms with Gasteiger partial charge in [-0.25, -0.2) is 8.78 Å². The van der Waals surface area contributed by atoms with E-state index in [2.05, 4.69) is 0 Å². The average molecular weight is 336 g/mol. The molecule has 0 saturated carbocycles. The van der Waals surface area contributed by atoms with Gasteiger partial charge >= 0.3 is 0 Å². The first kappa shape index (κ1) is 15.4. The van der Waals surface area contributed by atoms with Gasteiger partial charge in [0.25, 0.3) is 0 Å². The SMILES string of the molecule is COc1ccc(-c2oc3ccccc3c2-c2ccc(F)c(F)c2)cc1. The molecular formula is C21H14F2O2. The van der Waals surface area contributed by atoms with Crippen molar-refractivity contribution < 1.29 is 17.9 Å². The Kier molecular flexibility index (Phi) is 3.73. The summed E-state index contributed by atoms with van der Waals surface area (Å²) in [6, 6.07) is 18.8. The fourth-order valence-electron chi connectivity index (χ4n) is 2.93. The Bertz CT molecular complexity index is 1050. The number of hydrogen-bond donors (Lipinski definition) is 0. The van der Waals surface area contributed by atoms with Gasteiger partial charge in [0.1, 0.15) is 17.1 Å². The second-order valence-corrected chi connectivity index (χ2v) is 5.66. The van der Waals surface area contributed by atoms with Crippen molar-refractivity contribution in [1.29, 1.82) is 0 Å². The van der Waals surface area contributed by atoms with Gasteiger partial charge in [-0.1, -0.05) is 24.3 Å². The van der Waals surface area contributed by atoms with E-state index < -0.39 is 11.6 Å². The van der Waals surface area contributed by atoms with E-state index in [9.17, 15) is 8.78 Å². The van der Waals surface area contributed by atoms with Crippen LogP contribution in [-0.2, 0) is 0 Å². The van der Waals surface area contributed by atoms with Crippen LogP contribution < -0.4 is 4.74 Å². The number of furan rings is 1. The Morgan fingerprint density at radius 1 is 0.800 bits per heavy atom. The van der Waals surface area contributed by atoms with Crippen molar-refractivity contribution in [3.8, 4) is 28.2 Å². The molecule has 0 atom stereocenters. The Morgan fingerprint density at radius 2 is 1.52 bits per heavy atom. The second-order valence-electron chi connectivity index (χ2n) is 5.66. The number of ether oxygens (including phenoxy) is 1. The quantitative estimate of drug-likeness (QED) is 0.454. The highest BCUT2D eigenvalue weighted by atomic mass is 19.2. The molecule has 4 heteroatoms. The molecule has 0 saturated heterocycles. The van der Waals surface area contributed by atoms with Crippen LogP contribution in [0.15, 0.2) is 71.1 Å². The van der Waals surface area contributed by atoms with Crippen LogP contribution >= 0.6 is 0 Å². The summed E-state index contributed by atoms with van der Waals surface area (Å²) < 4.78 is 38.3. The van der Waals surface area contributed by atoms with Crippen molar-refractivity contribution >= 4 is 11.0 Å². The fraction of sp³-hybridized carbons (Fsp3) is 0.0476. The number of rotatable bonds is 3. The molecule has 0 bridgehead atoms. The summed E-state index contributed by atoms with van der Waals surface area (Å²) in [5.74, 6) is -0.421. The average Bonchev–Trinajstić information content (AvgIpc) is 3.03. The minimum Gasteiger partial charge on any atom is -0.497 e. The van der Waals surface area contributed by atoms with Crippen LogP contribution in [0.1, 0.15) is 0 Å². The van der Waals surface area contributed by atoms with Crippen molar-refractivity contribution in [3.05, 3.63) is 78.4 Å². The lowest BCUT2D eigenvalue weighted by Crippen LogP contribution is -1.87. The maximum absolute atomic E-state index is 13.8. The van der Waals surface area contributed by atoms with Gasteiger partial charge in [-0.2, -0.15) is 0 Å². The highest BCUT2D eigenvalue weighted by molar-refractivity contribution is 6.01. The Morgan fingerprint density at radius 3 is 2.24 bits per heavy atom. The minimum atomic E-state index is -0.886. The van der Waals surface area contributed by atoms with Gasteiger partial charge in [0, 0.05) is 16.5 Å². The molecule has 0 fully saturated rings. The summed E-state index contributed by atoms with van der Waals surface area (Å²) in [4.78, 5) is 0. The lowest BCUT2D eigenvalue weighted by Gasteiger charge is -2.06. The second kappa shape index (κ2) is 6.06. The zero-order chi connectivity index (χ0) is 17.4. The summed E-state index contributed by atoms with van der Waals surface area (Å²) in [6.07, 6.45) is 0. The van der Waals surface area contributed by atoms with Crippen molar-refractivity contribution in [1.82, 2.24) is 0 Å². The van der Waals surface area contributed by atoms with Crippen LogP contribution in [0.25, 0.3) is 33.4 Å². The van der Waals surface area contributed by atoms with E-state index in [1.54, 1.807) is 13.2 Å². The third-order valence-electron chi connectivity index (χ3n) is 4.16. The maximum atomic E-state index is 13.8. The Balaban J connectivity index is 1.98. The first-order valence-corrected chi connectivity index (χ1v) is 7.79. The normalized spacial score (nSPS) is 11.0. The highest BCUT2D eigenvalue weighted by Crippen LogP contribution is 2.41. The van der Waals surface area contributed by atoms with Gasteiger partial charge in [-0.05, 0) is 48.0 Å². The Labute approximate surface area is 143 Å². The van der Waals surface area contributed by atoms with Crippen molar-refractivity contribution in [2.24, 2.45) is 0 Å². The Hall–Kier alpha value is -3.14. The maximum Gasteiger partial charge on any atom is 0.159 e. The van der Waals surface area contributed by atoms with E-state index in [1.807, 2.05) is 48.5 Å². The fourth-order valence-corrected chi connectivity index (χ4v) is 2.93. The van der Waals surface area contributed by atoms with Crippen LogP contribution in [0.3, 0.4) is 0 Å². The molecule has 0 aliphatic carbocycles. The van der Waals surface area contributed by atoms with Gasteiger partial charge in [0.15, 0.2) is 11.6 Å². The molecule has 4 rings (SSSR count). The van der Waals surface area contributed by atoms with E-state index >= 15 is 0 Å². The zero-order valence-electron chi connectivity index (χ0n) is 13.4. The number of para-hydroxylation sites is 1. The zero-order valence-corrected chi connectivity index (χ0v) is 13.4. The molecule has 0 aliphatic heterocycles. The number of benzene rings is 3. The van der Waals surface area contributed by atoms with Crippen LogP contribution in [0.5, 0.6) is 5.75 Å². The van der Waals surface area contributed by atoms with E-state index in [0.717, 1.165) is 28.3 Å². The molecule has 0 amide bonds. The number of halogens is 2. The van der Waals surface area contributed by atoms with Crippen molar-refractivity contribution in [2.75, 3.05) is 7.11 Å². The van der Waals surface area contributed by atoms with Crippen LogP contribution in [-0.4, -0.2) is 7.11 Å². The molecule has 1 heterocycles. The van der Waals surface area contributed by atoms with Gasteiger partial charge in [0.05, 0.1) is 7.11 Å². The lowest BCUT2D eigenvalue weighted by atomic mass is 9.98. The monoisotopic (exact) mass is 336 g/mol. The number of hydrogen-bond acceptors (Lipinski definition) is 2. The molecule has 0 unspecified atom stereocenters. The molecule has 25 heavy (non-hydrogen) atoms. The summed E-state index contributed by atoms with van der Waals surface area (Å²) >= 11 is 0. The van der Waals surface area contributed by atoms with Crippen LogP contribution in [0, 0.1) is 11.6 Å². The van der Waals surface area contributed by atoms with Gasteiger partial charge in [0.2, 0.25) is 0 Å². The molecular weight excluding hydrogens is 322 g/mol. The molecule has 3 aromatic carbocycles. The standard InChI is InChI=1S/C21H14F2O2/c1-24-15-9-6-13(7-10-15)21-20(14-8-11-17(22)18(23)12-14)16-4-2-3-5-19(16)25-21/h2-12H,1H3. The van der Waals surface area contributed by atoms with E-state index in [1.165, 1.54) is 6.07 Å². The molecule has 0 spiro atoms. The molecule has 0 radical (unpaired) electrons. The lowest BCUT2D eigenvalue weighted by molar-refractivity contribution is 0.415. The first-order chi connectivity index (χ1) is 12.2. The smallest absolute Gasteiger partial charge is 0.159 e. The molecule has 124 valence electrons. The number of methoxy groups -OCH3 is 1. The van der Waals surface area contributed by atoms with Gasteiger partial charge in [-0.3, -0.25) is 0 Å². The first-order valence-electron chi connectivity index (χ1n) is 7.79. The largest absolute Gasteiger partial charge is 0.497 e. The molecule has 4 aromatic rings. The van der Waals surface area contributed by atoms with Crippen molar-refractivity contribution in [3.63, 3.8) is 0 Å². The summed E-state index contributed by atoms with van der Waals surface area (Å²) in [5.41, 5.74) is 2.82. The molecule has 0 aliphatic rings. The van der Waals surface area contributed by atoms with Crippen LogP contribution in [0.2, 0.25) is 0 Å². The summed E-state index contributed by atoms with van der Waals surface area (Å²) in [5, 5.41) is 0.847. The molecule has 0 N–H and O–H groups in total. The van der Waals surface area contributed by atoms with Gasteiger partial charge < -0.3 is 9.15 Å². The summed E-state index contributed by atoms with van der Waals surface area (Å²) in [6.45, 7) is 0. The predicted octanol–water partition coefficient (Wildman–Crippen LogP) is 6.05. The summed E-state index contributed by atoms with van der Waals surface area (Å²) in [7, 11) is 1.60. The minimum absolute atomic E-state index is 0.565. The third kappa shape index (κ3) is 2.66. The van der Waals surface area contributed by atoms with Gasteiger partial charge in [-0.15, -0.1) is 0 Å². The topological polar surface area (TPSA) is 22.4 Å². The van der Waals surface area contributed by atoms with E-state index in [4.69, 9.17) is 9.15 Å². The predicted molar refractivity (Wildman–Crippen MR) is 93.6 cm³/mol. The number of fused-ring (bicyclic) bond motifs is 1. The molecule has 2 nitrogen and oxygen atoms in total. The van der Waals surface area contributed by atoms with Crippen molar-refractivity contribution in [2.45, 2.75) is 0 Å². The highest BCUT2D eigenvalue weighted by Gasteiger charge is 2.18. The van der Waals surface area contributed by atoms with E-state index in [0.29, 0.717) is 16.9 Å².